The zero-order valence-corrected chi connectivity index (χ0v) is 9.01. The molecule has 0 atom stereocenters. The van der Waals surface area contributed by atoms with Crippen LogP contribution in [0.25, 0.3) is 10.9 Å². The fourth-order valence-electron chi connectivity index (χ4n) is 2.19. The minimum atomic E-state index is -0.0516. The number of aryl methyl sites for hydroxylation is 1. The second-order valence-electron chi connectivity index (χ2n) is 4.57. The van der Waals surface area contributed by atoms with Gasteiger partial charge in [-0.15, -0.1) is 0 Å². The monoisotopic (exact) mass is 200 g/mol. The second-order valence-corrected chi connectivity index (χ2v) is 4.57. The molecule has 1 fully saturated rings. The molecule has 0 radical (unpaired) electrons. The molecule has 1 saturated carbocycles. The lowest BCUT2D eigenvalue weighted by Gasteiger charge is -2.04. The molecule has 2 nitrogen and oxygen atoms in total. The summed E-state index contributed by atoms with van der Waals surface area (Å²) in [6.07, 6.45) is 3.29. The van der Waals surface area contributed by atoms with Gasteiger partial charge in [0.25, 0.3) is 0 Å². The molecule has 1 aromatic heterocycles. The van der Waals surface area contributed by atoms with Crippen LogP contribution >= 0.6 is 0 Å². The average molecular weight is 200 g/mol. The van der Waals surface area contributed by atoms with Gasteiger partial charge in [-0.1, -0.05) is 25.1 Å². The molecule has 1 aliphatic rings. The van der Waals surface area contributed by atoms with Crippen LogP contribution in [-0.4, -0.2) is 4.98 Å². The van der Waals surface area contributed by atoms with Crippen molar-refractivity contribution >= 4 is 10.9 Å². The molecule has 0 amide bonds. The van der Waals surface area contributed by atoms with Crippen LogP contribution in [0.15, 0.2) is 24.3 Å². The van der Waals surface area contributed by atoms with E-state index in [4.69, 9.17) is 5.73 Å². The molecule has 3 N–H and O–H groups in total. The summed E-state index contributed by atoms with van der Waals surface area (Å²) >= 11 is 0. The maximum atomic E-state index is 6.19. The molecule has 1 aromatic carbocycles. The number of nitrogens with two attached hydrogens (primary N) is 1. The highest BCUT2D eigenvalue weighted by Crippen LogP contribution is 2.43. The first-order valence-electron chi connectivity index (χ1n) is 5.63. The maximum Gasteiger partial charge on any atom is 0.0563 e. The molecular formula is C13H16N2. The zero-order chi connectivity index (χ0) is 10.5. The Morgan fingerprint density at radius 1 is 1.40 bits per heavy atom. The van der Waals surface area contributed by atoms with E-state index >= 15 is 0 Å². The molecule has 3 rings (SSSR count). The molecule has 0 aliphatic heterocycles. The lowest BCUT2D eigenvalue weighted by molar-refractivity contribution is 0.717. The van der Waals surface area contributed by atoms with E-state index in [0.717, 1.165) is 19.3 Å². The fraction of sp³-hybridized carbons (Fsp3) is 0.385. The molecule has 1 aliphatic carbocycles. The highest BCUT2D eigenvalue weighted by Gasteiger charge is 2.41. The van der Waals surface area contributed by atoms with E-state index in [-0.39, 0.29) is 5.54 Å². The Morgan fingerprint density at radius 2 is 2.20 bits per heavy atom. The molecule has 78 valence electrons. The summed E-state index contributed by atoms with van der Waals surface area (Å²) in [6, 6.07) is 8.66. The average Bonchev–Trinajstić information content (AvgIpc) is 2.84. The Bertz CT molecular complexity index is 506. The van der Waals surface area contributed by atoms with Crippen molar-refractivity contribution in [2.45, 2.75) is 31.7 Å². The number of nitrogens with one attached hydrogen (secondary N) is 1. The maximum absolute atomic E-state index is 6.19. The van der Waals surface area contributed by atoms with Gasteiger partial charge in [-0.05, 0) is 36.3 Å². The van der Waals surface area contributed by atoms with Crippen LogP contribution in [-0.2, 0) is 12.0 Å². The summed E-state index contributed by atoms with van der Waals surface area (Å²) in [5.74, 6) is 0. The van der Waals surface area contributed by atoms with Crippen molar-refractivity contribution in [3.05, 3.63) is 35.5 Å². The van der Waals surface area contributed by atoms with Crippen LogP contribution in [0.2, 0.25) is 0 Å². The van der Waals surface area contributed by atoms with Gasteiger partial charge in [-0.3, -0.25) is 0 Å². The van der Waals surface area contributed by atoms with Gasteiger partial charge in [0.2, 0.25) is 0 Å². The number of aromatic amines is 1. The number of aromatic nitrogens is 1. The largest absolute Gasteiger partial charge is 0.357 e. The number of fused-ring (bicyclic) bond motifs is 1. The van der Waals surface area contributed by atoms with Gasteiger partial charge in [-0.25, -0.2) is 0 Å². The molecule has 0 bridgehead atoms. The van der Waals surface area contributed by atoms with E-state index in [9.17, 15) is 0 Å². The van der Waals surface area contributed by atoms with Crippen LogP contribution in [0.5, 0.6) is 0 Å². The SMILES string of the molecule is CCc1cccc2cc(C3(N)CC3)[nH]c12. The molecule has 1 heterocycles. The molecule has 2 aromatic rings. The lowest BCUT2D eigenvalue weighted by Crippen LogP contribution is -2.18. The van der Waals surface area contributed by atoms with Gasteiger partial charge in [0.15, 0.2) is 0 Å². The Labute approximate surface area is 89.5 Å². The predicted octanol–water partition coefficient (Wildman–Crippen LogP) is 2.68. The van der Waals surface area contributed by atoms with E-state index in [1.165, 1.54) is 22.2 Å². The topological polar surface area (TPSA) is 41.8 Å². The molecule has 0 unspecified atom stereocenters. The Kier molecular flexibility index (Phi) is 1.71. The number of H-pyrrole nitrogens is 1. The van der Waals surface area contributed by atoms with Crippen molar-refractivity contribution in [1.29, 1.82) is 0 Å². The highest BCUT2D eigenvalue weighted by atomic mass is 14.9. The third kappa shape index (κ3) is 1.29. The van der Waals surface area contributed by atoms with Gasteiger partial charge in [0.05, 0.1) is 5.54 Å². The Hall–Kier alpha value is -1.28. The van der Waals surface area contributed by atoms with Crippen molar-refractivity contribution in [2.24, 2.45) is 5.73 Å². The van der Waals surface area contributed by atoms with E-state index in [1.807, 2.05) is 0 Å². The van der Waals surface area contributed by atoms with Crippen LogP contribution in [0, 0.1) is 0 Å². The Morgan fingerprint density at radius 3 is 2.87 bits per heavy atom. The normalized spacial score (nSPS) is 18.3. The summed E-state index contributed by atoms with van der Waals surface area (Å²) in [6.45, 7) is 2.19. The van der Waals surface area contributed by atoms with Crippen LogP contribution in [0.1, 0.15) is 31.0 Å². The van der Waals surface area contributed by atoms with E-state index in [0.29, 0.717) is 0 Å². The minimum absolute atomic E-state index is 0.0516. The van der Waals surface area contributed by atoms with Crippen molar-refractivity contribution in [3.8, 4) is 0 Å². The minimum Gasteiger partial charge on any atom is -0.357 e. The standard InChI is InChI=1S/C13H16N2/c1-2-9-4-3-5-10-8-11(15-12(9)10)13(14)6-7-13/h3-5,8,15H,2,6-7,14H2,1H3. The van der Waals surface area contributed by atoms with Gasteiger partial charge in [-0.2, -0.15) is 0 Å². The number of hydrogen-bond acceptors (Lipinski definition) is 1. The van der Waals surface area contributed by atoms with Crippen LogP contribution in [0.3, 0.4) is 0 Å². The number of benzene rings is 1. The van der Waals surface area contributed by atoms with Gasteiger partial charge < -0.3 is 10.7 Å². The first-order valence-corrected chi connectivity index (χ1v) is 5.63. The van der Waals surface area contributed by atoms with Crippen molar-refractivity contribution < 1.29 is 0 Å². The predicted molar refractivity (Wildman–Crippen MR) is 62.8 cm³/mol. The van der Waals surface area contributed by atoms with Crippen LogP contribution in [0.4, 0.5) is 0 Å². The third-order valence-corrected chi connectivity index (χ3v) is 3.45. The van der Waals surface area contributed by atoms with E-state index < -0.39 is 0 Å². The van der Waals surface area contributed by atoms with Gasteiger partial charge in [0, 0.05) is 11.2 Å². The van der Waals surface area contributed by atoms with Crippen molar-refractivity contribution in [1.82, 2.24) is 4.98 Å². The quantitative estimate of drug-likeness (QED) is 0.769. The first-order chi connectivity index (χ1) is 7.23. The van der Waals surface area contributed by atoms with Crippen LogP contribution < -0.4 is 5.73 Å². The highest BCUT2D eigenvalue weighted by molar-refractivity contribution is 5.84. The smallest absolute Gasteiger partial charge is 0.0563 e. The zero-order valence-electron chi connectivity index (χ0n) is 9.01. The van der Waals surface area contributed by atoms with Crippen molar-refractivity contribution in [3.63, 3.8) is 0 Å². The molecule has 0 spiro atoms. The van der Waals surface area contributed by atoms with E-state index in [2.05, 4.69) is 36.2 Å². The van der Waals surface area contributed by atoms with Gasteiger partial charge >= 0.3 is 0 Å². The number of para-hydroxylation sites is 1. The molecule has 0 saturated heterocycles. The first kappa shape index (κ1) is 8.98. The number of rotatable bonds is 2. The number of hydrogen-bond donors (Lipinski definition) is 2. The second kappa shape index (κ2) is 2.86. The molecule has 2 heteroatoms. The summed E-state index contributed by atoms with van der Waals surface area (Å²) in [4.78, 5) is 3.49. The summed E-state index contributed by atoms with van der Waals surface area (Å²) < 4.78 is 0. The lowest BCUT2D eigenvalue weighted by atomic mass is 10.1. The molecule has 15 heavy (non-hydrogen) atoms. The summed E-state index contributed by atoms with van der Waals surface area (Å²) in [7, 11) is 0. The van der Waals surface area contributed by atoms with Crippen molar-refractivity contribution in [2.75, 3.05) is 0 Å². The Balaban J connectivity index is 2.21. The van der Waals surface area contributed by atoms with Gasteiger partial charge in [0.1, 0.15) is 0 Å². The fourth-order valence-corrected chi connectivity index (χ4v) is 2.19. The summed E-state index contributed by atoms with van der Waals surface area (Å²) in [5.41, 5.74) is 10.00. The molecular weight excluding hydrogens is 184 g/mol. The van der Waals surface area contributed by atoms with E-state index in [1.54, 1.807) is 0 Å². The summed E-state index contributed by atoms with van der Waals surface area (Å²) in [5, 5.41) is 1.29. The third-order valence-electron chi connectivity index (χ3n) is 3.45.